The zero-order valence-electron chi connectivity index (χ0n) is 14.2. The molecule has 20 heavy (non-hydrogen) atoms. The zero-order chi connectivity index (χ0) is 15.2. The summed E-state index contributed by atoms with van der Waals surface area (Å²) >= 11 is 0. The molecule has 0 amide bonds. The third kappa shape index (κ3) is 3.95. The smallest absolute Gasteiger partial charge is 0.0795 e. The van der Waals surface area contributed by atoms with Gasteiger partial charge >= 0.3 is 0 Å². The van der Waals surface area contributed by atoms with Crippen LogP contribution in [0.5, 0.6) is 0 Å². The molecule has 0 saturated carbocycles. The summed E-state index contributed by atoms with van der Waals surface area (Å²) < 4.78 is 0. The Bertz CT molecular complexity index is 332. The van der Waals surface area contributed by atoms with Gasteiger partial charge in [-0.25, -0.2) is 0 Å². The normalized spacial score (nSPS) is 22.1. The zero-order valence-corrected chi connectivity index (χ0v) is 14.2. The van der Waals surface area contributed by atoms with Crippen LogP contribution in [-0.4, -0.2) is 30.7 Å². The number of hydrogen-bond acceptors (Lipinski definition) is 2. The number of allylic oxidation sites excluding steroid dienone is 1. The second kappa shape index (κ2) is 7.99. The van der Waals surface area contributed by atoms with Gasteiger partial charge in [0.2, 0.25) is 0 Å². The third-order valence-corrected chi connectivity index (χ3v) is 4.88. The molecule has 2 heteroatoms. The first kappa shape index (κ1) is 17.5. The van der Waals surface area contributed by atoms with Crippen molar-refractivity contribution in [2.24, 2.45) is 11.3 Å². The second-order valence-corrected chi connectivity index (χ2v) is 6.55. The molecule has 2 unspecified atom stereocenters. The lowest BCUT2D eigenvalue weighted by molar-refractivity contribution is 0.207. The summed E-state index contributed by atoms with van der Waals surface area (Å²) in [5, 5.41) is 3.68. The van der Waals surface area contributed by atoms with Crippen LogP contribution in [0.1, 0.15) is 53.9 Å². The lowest BCUT2D eigenvalue weighted by atomic mass is 9.73. The first-order chi connectivity index (χ1) is 9.49. The van der Waals surface area contributed by atoms with Crippen molar-refractivity contribution in [3.05, 3.63) is 24.3 Å². The fourth-order valence-electron chi connectivity index (χ4n) is 2.90. The molecule has 1 rings (SSSR count). The van der Waals surface area contributed by atoms with Crippen molar-refractivity contribution in [3.8, 4) is 0 Å². The Hall–Kier alpha value is -0.600. The first-order valence-electron chi connectivity index (χ1n) is 8.31. The first-order valence-corrected chi connectivity index (χ1v) is 8.31. The molecule has 0 radical (unpaired) electrons. The topological polar surface area (TPSA) is 15.3 Å². The summed E-state index contributed by atoms with van der Waals surface area (Å²) in [6.45, 7) is 18.9. The maximum atomic E-state index is 4.07. The molecule has 2 atom stereocenters. The predicted molar refractivity (Wildman–Crippen MR) is 89.8 cm³/mol. The van der Waals surface area contributed by atoms with E-state index in [2.05, 4.69) is 63.6 Å². The standard InChI is InChI=1S/C18H34N2/c1-7-10-12-20(11-8-2)17-13-16(14-19-17)18(6,9-3)15(4)5/h9,13,15,17,19H,3,7-8,10-12,14H2,1-2,4-6H3. The minimum Gasteiger partial charge on any atom is -0.295 e. The van der Waals surface area contributed by atoms with Crippen molar-refractivity contribution in [1.29, 1.82) is 0 Å². The number of rotatable bonds is 9. The number of unbranched alkanes of at least 4 members (excludes halogenated alkanes) is 1. The molecule has 1 aliphatic rings. The van der Waals surface area contributed by atoms with Crippen molar-refractivity contribution in [2.75, 3.05) is 19.6 Å². The minimum absolute atomic E-state index is 0.115. The Morgan fingerprint density at radius 3 is 2.60 bits per heavy atom. The Balaban J connectivity index is 2.81. The van der Waals surface area contributed by atoms with Crippen LogP contribution in [0.15, 0.2) is 24.3 Å². The predicted octanol–water partition coefficient (Wildman–Crippen LogP) is 4.20. The molecule has 0 fully saturated rings. The molecule has 0 aliphatic carbocycles. The van der Waals surface area contributed by atoms with Gasteiger partial charge < -0.3 is 0 Å². The highest BCUT2D eigenvalue weighted by atomic mass is 15.3. The van der Waals surface area contributed by atoms with E-state index in [0.717, 1.165) is 6.54 Å². The van der Waals surface area contributed by atoms with Gasteiger partial charge in [-0.1, -0.05) is 53.2 Å². The lowest BCUT2D eigenvalue weighted by Gasteiger charge is -2.31. The quantitative estimate of drug-likeness (QED) is 0.636. The van der Waals surface area contributed by atoms with Gasteiger partial charge in [0.25, 0.3) is 0 Å². The molecule has 0 saturated heterocycles. The van der Waals surface area contributed by atoms with Crippen LogP contribution < -0.4 is 5.32 Å². The summed E-state index contributed by atoms with van der Waals surface area (Å²) in [5.41, 5.74) is 1.62. The molecule has 0 bridgehead atoms. The average molecular weight is 278 g/mol. The Labute approximate surface area is 126 Å². The SMILES string of the molecule is C=CC(C)(C1=CC(N(CCC)CCCC)NC1)C(C)C. The van der Waals surface area contributed by atoms with E-state index in [4.69, 9.17) is 0 Å². The van der Waals surface area contributed by atoms with Gasteiger partial charge in [0, 0.05) is 12.0 Å². The molecular weight excluding hydrogens is 244 g/mol. The largest absolute Gasteiger partial charge is 0.295 e. The van der Waals surface area contributed by atoms with Gasteiger partial charge in [-0.05, 0) is 37.4 Å². The van der Waals surface area contributed by atoms with Crippen molar-refractivity contribution in [2.45, 2.75) is 60.0 Å². The summed E-state index contributed by atoms with van der Waals surface area (Å²) in [7, 11) is 0. The van der Waals surface area contributed by atoms with Crippen LogP contribution >= 0.6 is 0 Å². The Morgan fingerprint density at radius 1 is 1.40 bits per heavy atom. The molecule has 1 aliphatic heterocycles. The van der Waals surface area contributed by atoms with Crippen LogP contribution in [0, 0.1) is 11.3 Å². The maximum Gasteiger partial charge on any atom is 0.0795 e. The van der Waals surface area contributed by atoms with Crippen molar-refractivity contribution < 1.29 is 0 Å². The van der Waals surface area contributed by atoms with Crippen molar-refractivity contribution in [3.63, 3.8) is 0 Å². The molecule has 1 N–H and O–H groups in total. The van der Waals surface area contributed by atoms with Gasteiger partial charge in [0.15, 0.2) is 0 Å². The monoisotopic (exact) mass is 278 g/mol. The van der Waals surface area contributed by atoms with E-state index >= 15 is 0 Å². The van der Waals surface area contributed by atoms with Crippen LogP contribution in [-0.2, 0) is 0 Å². The molecule has 0 aromatic carbocycles. The highest BCUT2D eigenvalue weighted by Crippen LogP contribution is 2.38. The van der Waals surface area contributed by atoms with E-state index in [1.54, 1.807) is 0 Å². The molecule has 2 nitrogen and oxygen atoms in total. The number of nitrogens with one attached hydrogen (secondary N) is 1. The van der Waals surface area contributed by atoms with E-state index in [-0.39, 0.29) is 5.41 Å². The fraction of sp³-hybridized carbons (Fsp3) is 0.778. The molecule has 1 heterocycles. The maximum absolute atomic E-state index is 4.07. The van der Waals surface area contributed by atoms with E-state index in [1.807, 2.05) is 0 Å². The highest BCUT2D eigenvalue weighted by Gasteiger charge is 2.33. The Kier molecular flexibility index (Phi) is 6.97. The van der Waals surface area contributed by atoms with E-state index in [0.29, 0.717) is 12.1 Å². The molecular formula is C18H34N2. The van der Waals surface area contributed by atoms with Crippen molar-refractivity contribution >= 4 is 0 Å². The minimum atomic E-state index is 0.115. The van der Waals surface area contributed by atoms with Gasteiger partial charge in [0.1, 0.15) is 0 Å². The van der Waals surface area contributed by atoms with Crippen LogP contribution in [0.3, 0.4) is 0 Å². The van der Waals surface area contributed by atoms with Crippen LogP contribution in [0.25, 0.3) is 0 Å². The molecule has 116 valence electrons. The van der Waals surface area contributed by atoms with E-state index in [9.17, 15) is 0 Å². The van der Waals surface area contributed by atoms with Crippen molar-refractivity contribution in [1.82, 2.24) is 10.2 Å². The summed E-state index contributed by atoms with van der Waals surface area (Å²) in [5.74, 6) is 0.585. The van der Waals surface area contributed by atoms with E-state index < -0.39 is 0 Å². The molecule has 0 spiro atoms. The lowest BCUT2D eigenvalue weighted by Crippen LogP contribution is -2.42. The summed E-state index contributed by atoms with van der Waals surface area (Å²) in [6.07, 6.45) is 8.75. The Morgan fingerprint density at radius 2 is 2.10 bits per heavy atom. The van der Waals surface area contributed by atoms with Gasteiger partial charge in [-0.2, -0.15) is 0 Å². The second-order valence-electron chi connectivity index (χ2n) is 6.55. The fourth-order valence-corrected chi connectivity index (χ4v) is 2.90. The molecule has 0 aromatic rings. The average Bonchev–Trinajstić information content (AvgIpc) is 2.92. The number of hydrogen-bond donors (Lipinski definition) is 1. The van der Waals surface area contributed by atoms with Crippen LogP contribution in [0.4, 0.5) is 0 Å². The van der Waals surface area contributed by atoms with Gasteiger partial charge in [0.05, 0.1) is 6.17 Å². The van der Waals surface area contributed by atoms with Gasteiger partial charge in [-0.15, -0.1) is 6.58 Å². The third-order valence-electron chi connectivity index (χ3n) is 4.88. The molecule has 0 aromatic heterocycles. The summed E-state index contributed by atoms with van der Waals surface area (Å²) in [6, 6.07) is 0. The summed E-state index contributed by atoms with van der Waals surface area (Å²) in [4.78, 5) is 2.58. The van der Waals surface area contributed by atoms with E-state index in [1.165, 1.54) is 37.9 Å². The van der Waals surface area contributed by atoms with Gasteiger partial charge in [-0.3, -0.25) is 10.2 Å². The number of nitrogens with zero attached hydrogens (tertiary/aromatic N) is 1. The van der Waals surface area contributed by atoms with Crippen LogP contribution in [0.2, 0.25) is 0 Å². The highest BCUT2D eigenvalue weighted by molar-refractivity contribution is 5.27.